The molecule has 4 heteroatoms. The number of hydrogen-bond acceptors (Lipinski definition) is 2. The zero-order chi connectivity index (χ0) is 7.98. The highest BCUT2D eigenvalue weighted by Gasteiger charge is 2.03. The number of ether oxygens (including phenoxy) is 1. The minimum atomic E-state index is 0.301. The van der Waals surface area contributed by atoms with E-state index in [1.54, 1.807) is 7.11 Å². The first-order valence-corrected chi connectivity index (χ1v) is 4.04. The van der Waals surface area contributed by atoms with Gasteiger partial charge < -0.3 is 10.1 Å². The minimum absolute atomic E-state index is 0.301. The van der Waals surface area contributed by atoms with Gasteiger partial charge in [0.1, 0.15) is 4.32 Å². The van der Waals surface area contributed by atoms with Gasteiger partial charge in [-0.3, -0.25) is 0 Å². The van der Waals surface area contributed by atoms with Crippen LogP contribution >= 0.6 is 24.8 Å². The van der Waals surface area contributed by atoms with Gasteiger partial charge in [-0.1, -0.05) is 19.1 Å². The smallest absolute Gasteiger partial charge is 0.130 e. The van der Waals surface area contributed by atoms with Gasteiger partial charge in [0.2, 0.25) is 0 Å². The normalized spacial score (nSPS) is 12.7. The Kier molecular flexibility index (Phi) is 6.06. The van der Waals surface area contributed by atoms with Gasteiger partial charge in [-0.05, 0) is 6.42 Å². The summed E-state index contributed by atoms with van der Waals surface area (Å²) in [7, 11) is 1.67. The summed E-state index contributed by atoms with van der Waals surface area (Å²) in [5.74, 6) is 0. The zero-order valence-electron chi connectivity index (χ0n) is 6.26. The highest BCUT2D eigenvalue weighted by molar-refractivity contribution is 8.11. The molecule has 0 saturated carbocycles. The summed E-state index contributed by atoms with van der Waals surface area (Å²) >= 11 is 8.70. The van der Waals surface area contributed by atoms with Gasteiger partial charge in [0.05, 0.1) is 12.6 Å². The van der Waals surface area contributed by atoms with E-state index in [0.29, 0.717) is 17.0 Å². The van der Waals surface area contributed by atoms with E-state index in [9.17, 15) is 0 Å². The summed E-state index contributed by atoms with van der Waals surface area (Å²) in [5.41, 5.74) is 0. The Morgan fingerprint density at radius 1 is 1.80 bits per heavy atom. The van der Waals surface area contributed by atoms with Crippen molar-refractivity contribution in [3.05, 3.63) is 0 Å². The Labute approximate surface area is 72.7 Å². The topological polar surface area (TPSA) is 21.3 Å². The summed E-state index contributed by atoms with van der Waals surface area (Å²) in [6.07, 6.45) is 0.995. The number of methoxy groups -OCH3 is 1. The van der Waals surface area contributed by atoms with Crippen molar-refractivity contribution < 1.29 is 4.74 Å². The molecule has 0 heterocycles. The maximum atomic E-state index is 4.94. The number of nitrogens with one attached hydrogen (secondary N) is 1. The quantitative estimate of drug-likeness (QED) is 0.500. The third-order valence-electron chi connectivity index (χ3n) is 1.19. The molecule has 2 nitrogen and oxygen atoms in total. The van der Waals surface area contributed by atoms with Crippen molar-refractivity contribution in [1.82, 2.24) is 5.32 Å². The minimum Gasteiger partial charge on any atom is -0.383 e. The maximum Gasteiger partial charge on any atom is 0.130 e. The van der Waals surface area contributed by atoms with Crippen molar-refractivity contribution in [2.75, 3.05) is 13.7 Å². The summed E-state index contributed by atoms with van der Waals surface area (Å²) in [6.45, 7) is 2.75. The van der Waals surface area contributed by atoms with Crippen LogP contribution in [0.5, 0.6) is 0 Å². The lowest BCUT2D eigenvalue weighted by Crippen LogP contribution is -2.34. The molecule has 0 unspecified atom stereocenters. The molecule has 0 bridgehead atoms. The van der Waals surface area contributed by atoms with Gasteiger partial charge in [0.25, 0.3) is 0 Å². The first-order chi connectivity index (χ1) is 4.70. The van der Waals surface area contributed by atoms with E-state index in [1.165, 1.54) is 0 Å². The molecule has 0 radical (unpaired) electrons. The van der Waals surface area contributed by atoms with Crippen LogP contribution in [0.1, 0.15) is 13.3 Å². The van der Waals surface area contributed by atoms with Crippen LogP contribution in [-0.2, 0) is 4.74 Å². The number of thiol groups is 1. The molecule has 0 rings (SSSR count). The number of thiocarbonyl (C=S) groups is 1. The number of rotatable bonds is 4. The molecular formula is C6H13NOS2. The lowest BCUT2D eigenvalue weighted by molar-refractivity contribution is 0.172. The SMILES string of the molecule is CC[C@H](COC)NC(=S)S. The van der Waals surface area contributed by atoms with Crippen molar-refractivity contribution in [3.63, 3.8) is 0 Å². The van der Waals surface area contributed by atoms with Crippen LogP contribution in [0.4, 0.5) is 0 Å². The third-order valence-corrected chi connectivity index (χ3v) is 1.44. The molecule has 0 aliphatic rings. The van der Waals surface area contributed by atoms with Crippen LogP contribution in [-0.4, -0.2) is 24.1 Å². The molecule has 0 saturated heterocycles. The summed E-state index contributed by atoms with van der Waals surface area (Å²) in [5, 5.41) is 3.00. The Balaban J connectivity index is 3.49. The lowest BCUT2D eigenvalue weighted by atomic mass is 10.2. The standard InChI is InChI=1S/C6H13NOS2/c1-3-5(4-8-2)7-6(9)10/h5H,3-4H2,1-2H3,(H2,7,9,10)/t5-/m1/s1. The molecule has 0 aliphatic heterocycles. The van der Waals surface area contributed by atoms with Crippen molar-refractivity contribution in [2.45, 2.75) is 19.4 Å². The molecule has 1 N–H and O–H groups in total. The largest absolute Gasteiger partial charge is 0.383 e. The van der Waals surface area contributed by atoms with Gasteiger partial charge in [0, 0.05) is 7.11 Å². The van der Waals surface area contributed by atoms with Crippen LogP contribution in [0.15, 0.2) is 0 Å². The zero-order valence-corrected chi connectivity index (χ0v) is 7.97. The van der Waals surface area contributed by atoms with Gasteiger partial charge in [-0.15, -0.1) is 12.6 Å². The van der Waals surface area contributed by atoms with Crippen molar-refractivity contribution >= 4 is 29.2 Å². The Hall–Kier alpha value is 0.200. The second kappa shape index (κ2) is 5.95. The summed E-state index contributed by atoms with van der Waals surface area (Å²) < 4.78 is 5.47. The van der Waals surface area contributed by atoms with Crippen LogP contribution in [0.2, 0.25) is 0 Å². The van der Waals surface area contributed by atoms with Crippen molar-refractivity contribution in [2.24, 2.45) is 0 Å². The van der Waals surface area contributed by atoms with E-state index < -0.39 is 0 Å². The van der Waals surface area contributed by atoms with Gasteiger partial charge in [-0.25, -0.2) is 0 Å². The van der Waals surface area contributed by atoms with E-state index in [2.05, 4.69) is 24.9 Å². The van der Waals surface area contributed by atoms with Crippen molar-refractivity contribution in [3.8, 4) is 0 Å². The Morgan fingerprint density at radius 2 is 2.40 bits per heavy atom. The molecular weight excluding hydrogens is 166 g/mol. The molecule has 60 valence electrons. The summed E-state index contributed by atoms with van der Waals surface area (Å²) in [4.78, 5) is 0. The third kappa shape index (κ3) is 5.02. The van der Waals surface area contributed by atoms with Crippen molar-refractivity contribution in [1.29, 1.82) is 0 Å². The molecule has 0 aromatic rings. The van der Waals surface area contributed by atoms with Crippen LogP contribution < -0.4 is 5.32 Å². The van der Waals surface area contributed by atoms with E-state index in [4.69, 9.17) is 17.0 Å². The highest BCUT2D eigenvalue weighted by Crippen LogP contribution is 1.92. The maximum absolute atomic E-state index is 4.94. The second-order valence-corrected chi connectivity index (χ2v) is 3.17. The Bertz CT molecular complexity index is 108. The summed E-state index contributed by atoms with van der Waals surface area (Å²) in [6, 6.07) is 0.301. The fraction of sp³-hybridized carbons (Fsp3) is 0.833. The average Bonchev–Trinajstić information content (AvgIpc) is 1.86. The van der Waals surface area contributed by atoms with Crippen LogP contribution in [0.25, 0.3) is 0 Å². The van der Waals surface area contributed by atoms with Gasteiger partial charge in [-0.2, -0.15) is 0 Å². The molecule has 1 atom stereocenters. The first kappa shape index (κ1) is 10.2. The predicted molar refractivity (Wildman–Crippen MR) is 50.7 cm³/mol. The molecule has 0 aromatic heterocycles. The van der Waals surface area contributed by atoms with E-state index in [-0.39, 0.29) is 0 Å². The average molecular weight is 179 g/mol. The first-order valence-electron chi connectivity index (χ1n) is 3.19. The lowest BCUT2D eigenvalue weighted by Gasteiger charge is -2.14. The fourth-order valence-electron chi connectivity index (χ4n) is 0.637. The monoisotopic (exact) mass is 179 g/mol. The second-order valence-electron chi connectivity index (χ2n) is 2.01. The van der Waals surface area contributed by atoms with E-state index in [0.717, 1.165) is 6.42 Å². The van der Waals surface area contributed by atoms with Crippen LogP contribution in [0.3, 0.4) is 0 Å². The molecule has 0 fully saturated rings. The molecule has 0 aromatic carbocycles. The number of hydrogen-bond donors (Lipinski definition) is 2. The Morgan fingerprint density at radius 3 is 2.70 bits per heavy atom. The van der Waals surface area contributed by atoms with Gasteiger partial charge in [0.15, 0.2) is 0 Å². The molecule has 10 heavy (non-hydrogen) atoms. The fourth-order valence-corrected chi connectivity index (χ4v) is 0.987. The highest BCUT2D eigenvalue weighted by atomic mass is 32.1. The molecule has 0 aliphatic carbocycles. The van der Waals surface area contributed by atoms with E-state index in [1.807, 2.05) is 0 Å². The van der Waals surface area contributed by atoms with Gasteiger partial charge >= 0.3 is 0 Å². The predicted octanol–water partition coefficient (Wildman–Crippen LogP) is 1.22. The molecule has 0 spiro atoms. The van der Waals surface area contributed by atoms with E-state index >= 15 is 0 Å². The van der Waals surface area contributed by atoms with Crippen LogP contribution in [0, 0.1) is 0 Å². The molecule has 0 amide bonds.